The van der Waals surface area contributed by atoms with Gasteiger partial charge in [-0.2, -0.15) is 9.78 Å². The van der Waals surface area contributed by atoms with E-state index in [1.807, 2.05) is 57.2 Å². The predicted octanol–water partition coefficient (Wildman–Crippen LogP) is 8.82. The predicted molar refractivity (Wildman–Crippen MR) is 172 cm³/mol. The van der Waals surface area contributed by atoms with Crippen LogP contribution in [0.15, 0.2) is 90.0 Å². The molecule has 0 aliphatic rings. The molecule has 0 aliphatic carbocycles. The van der Waals surface area contributed by atoms with Gasteiger partial charge in [0.25, 0.3) is 5.56 Å². The van der Waals surface area contributed by atoms with Crippen LogP contribution in [-0.4, -0.2) is 22.5 Å². The molecule has 0 bridgehead atoms. The van der Waals surface area contributed by atoms with Gasteiger partial charge < -0.3 is 9.47 Å². The summed E-state index contributed by atoms with van der Waals surface area (Å²) in [5, 5.41) is 7.38. The van der Waals surface area contributed by atoms with Crippen molar-refractivity contribution in [3.8, 4) is 11.5 Å². The van der Waals surface area contributed by atoms with E-state index >= 15 is 0 Å². The molecule has 204 valence electrons. The topological polar surface area (TPSA) is 65.7 Å². The minimum absolute atomic E-state index is 0.0168. The summed E-state index contributed by atoms with van der Waals surface area (Å²) in [5.41, 5.74) is 2.19. The normalized spacial score (nSPS) is 11.7. The second-order valence-electron chi connectivity index (χ2n) is 9.43. The first kappa shape index (κ1) is 28.5. The fourth-order valence-electron chi connectivity index (χ4n) is 4.44. The molecule has 0 fully saturated rings. The van der Waals surface area contributed by atoms with Crippen LogP contribution in [0.1, 0.15) is 43.6 Å². The molecule has 40 heavy (non-hydrogen) atoms. The molecular weight excluding hydrogens is 702 g/mol. The number of halogens is 3. The van der Waals surface area contributed by atoms with Crippen molar-refractivity contribution in [3.63, 3.8) is 0 Å². The van der Waals surface area contributed by atoms with Gasteiger partial charge in [-0.1, -0.05) is 72.2 Å². The number of rotatable bonds is 8. The van der Waals surface area contributed by atoms with Crippen LogP contribution < -0.4 is 15.0 Å². The lowest BCUT2D eigenvalue weighted by atomic mass is 10.1. The summed E-state index contributed by atoms with van der Waals surface area (Å²) in [6.45, 7) is 6.72. The summed E-state index contributed by atoms with van der Waals surface area (Å²) < 4.78 is 15.9. The molecule has 0 radical (unpaired) electrons. The van der Waals surface area contributed by atoms with Crippen LogP contribution in [-0.2, 0) is 6.61 Å². The van der Waals surface area contributed by atoms with E-state index in [0.29, 0.717) is 51.5 Å². The van der Waals surface area contributed by atoms with E-state index in [1.54, 1.807) is 12.3 Å². The Morgan fingerprint density at radius 1 is 0.950 bits per heavy atom. The zero-order valence-electron chi connectivity index (χ0n) is 22.1. The molecule has 4 aromatic carbocycles. The summed E-state index contributed by atoms with van der Waals surface area (Å²) in [5.74, 6) is 1.70. The van der Waals surface area contributed by atoms with Gasteiger partial charge in [-0.3, -0.25) is 4.79 Å². The SMILES string of the molecule is CCOc1cc(C=Nn2c(C(C)C)nc3ccc(Br)cc3c2=O)c(Br)c(Br)c1OCc1cccc2ccccc12. The third-order valence-corrected chi connectivity index (χ3v) is 9.01. The minimum atomic E-state index is -0.235. The van der Waals surface area contributed by atoms with Crippen LogP contribution >= 0.6 is 47.8 Å². The molecule has 0 spiro atoms. The fourth-order valence-corrected chi connectivity index (χ4v) is 5.73. The highest BCUT2D eigenvalue weighted by Gasteiger charge is 2.19. The van der Waals surface area contributed by atoms with Crippen molar-refractivity contribution in [2.75, 3.05) is 6.61 Å². The van der Waals surface area contributed by atoms with Gasteiger partial charge in [-0.15, -0.1) is 0 Å². The van der Waals surface area contributed by atoms with E-state index in [9.17, 15) is 4.79 Å². The number of hydrogen-bond acceptors (Lipinski definition) is 5. The largest absolute Gasteiger partial charge is 0.490 e. The molecule has 0 atom stereocenters. The Labute approximate surface area is 257 Å². The standard InChI is InChI=1S/C31H26Br3N3O3/c1-4-39-26-14-21(16-35-37-30(18(2)3)36-25-13-12-22(32)15-24(25)31(37)38)27(33)28(34)29(26)40-17-20-10-7-9-19-8-5-6-11-23(19)20/h5-16,18H,4,17H2,1-3H3. The van der Waals surface area contributed by atoms with Gasteiger partial charge >= 0.3 is 0 Å². The van der Waals surface area contributed by atoms with E-state index in [2.05, 4.69) is 77.2 Å². The Balaban J connectivity index is 1.53. The summed E-state index contributed by atoms with van der Waals surface area (Å²) >= 11 is 10.8. The molecule has 0 unspecified atom stereocenters. The summed E-state index contributed by atoms with van der Waals surface area (Å²) in [6, 6.07) is 21.7. The van der Waals surface area contributed by atoms with Gasteiger partial charge in [0.2, 0.25) is 0 Å². The van der Waals surface area contributed by atoms with E-state index in [1.165, 1.54) is 4.68 Å². The third kappa shape index (κ3) is 5.73. The molecule has 9 heteroatoms. The van der Waals surface area contributed by atoms with E-state index in [4.69, 9.17) is 14.5 Å². The lowest BCUT2D eigenvalue weighted by Gasteiger charge is -2.17. The van der Waals surface area contributed by atoms with Gasteiger partial charge in [0.1, 0.15) is 12.4 Å². The molecule has 6 nitrogen and oxygen atoms in total. The van der Waals surface area contributed by atoms with Gasteiger partial charge in [0.15, 0.2) is 11.5 Å². The average molecular weight is 728 g/mol. The number of hydrogen-bond donors (Lipinski definition) is 0. The second-order valence-corrected chi connectivity index (χ2v) is 11.9. The fraction of sp³-hybridized carbons (Fsp3) is 0.194. The van der Waals surface area contributed by atoms with E-state index < -0.39 is 0 Å². The number of benzene rings is 4. The van der Waals surface area contributed by atoms with Crippen molar-refractivity contribution in [1.82, 2.24) is 9.66 Å². The lowest BCUT2D eigenvalue weighted by molar-refractivity contribution is 0.268. The molecule has 0 aliphatic heterocycles. The van der Waals surface area contributed by atoms with E-state index in [-0.39, 0.29) is 11.5 Å². The maximum Gasteiger partial charge on any atom is 0.282 e. The first-order valence-electron chi connectivity index (χ1n) is 12.8. The van der Waals surface area contributed by atoms with Crippen LogP contribution in [0, 0.1) is 0 Å². The highest BCUT2D eigenvalue weighted by molar-refractivity contribution is 9.13. The van der Waals surface area contributed by atoms with Crippen molar-refractivity contribution in [2.45, 2.75) is 33.3 Å². The molecule has 0 saturated carbocycles. The maximum absolute atomic E-state index is 13.4. The smallest absolute Gasteiger partial charge is 0.282 e. The lowest BCUT2D eigenvalue weighted by Crippen LogP contribution is -2.23. The molecule has 0 amide bonds. The highest BCUT2D eigenvalue weighted by atomic mass is 79.9. The Morgan fingerprint density at radius 2 is 1.73 bits per heavy atom. The first-order chi connectivity index (χ1) is 19.3. The molecule has 5 aromatic rings. The molecule has 0 saturated heterocycles. The van der Waals surface area contributed by atoms with Crippen LogP contribution in [0.25, 0.3) is 21.7 Å². The summed E-state index contributed by atoms with van der Waals surface area (Å²) in [7, 11) is 0. The van der Waals surface area contributed by atoms with Crippen LogP contribution in [0.5, 0.6) is 11.5 Å². The van der Waals surface area contributed by atoms with Gasteiger partial charge in [0.05, 0.1) is 28.2 Å². The third-order valence-electron chi connectivity index (χ3n) is 6.37. The number of ether oxygens (including phenoxy) is 2. The summed E-state index contributed by atoms with van der Waals surface area (Å²) in [4.78, 5) is 18.2. The summed E-state index contributed by atoms with van der Waals surface area (Å²) in [6.07, 6.45) is 1.63. The van der Waals surface area contributed by atoms with Crippen LogP contribution in [0.3, 0.4) is 0 Å². The Kier molecular flexibility index (Phi) is 8.73. The Bertz CT molecular complexity index is 1810. The zero-order chi connectivity index (χ0) is 28.4. The second kappa shape index (κ2) is 12.2. The molecule has 1 aromatic heterocycles. The van der Waals surface area contributed by atoms with Gasteiger partial charge in [-0.05, 0) is 79.4 Å². The van der Waals surface area contributed by atoms with Gasteiger partial charge in [-0.25, -0.2) is 4.98 Å². The van der Waals surface area contributed by atoms with Crippen molar-refractivity contribution < 1.29 is 9.47 Å². The van der Waals surface area contributed by atoms with Crippen molar-refractivity contribution in [1.29, 1.82) is 0 Å². The molecule has 0 N–H and O–H groups in total. The monoisotopic (exact) mass is 725 g/mol. The van der Waals surface area contributed by atoms with Crippen molar-refractivity contribution in [2.24, 2.45) is 5.10 Å². The number of fused-ring (bicyclic) bond motifs is 2. The molecule has 1 heterocycles. The van der Waals surface area contributed by atoms with Gasteiger partial charge in [0, 0.05) is 20.4 Å². The van der Waals surface area contributed by atoms with E-state index in [0.717, 1.165) is 25.3 Å². The van der Waals surface area contributed by atoms with Crippen molar-refractivity contribution in [3.05, 3.63) is 107 Å². The van der Waals surface area contributed by atoms with Crippen LogP contribution in [0.4, 0.5) is 0 Å². The highest BCUT2D eigenvalue weighted by Crippen LogP contribution is 2.43. The van der Waals surface area contributed by atoms with Crippen LogP contribution in [0.2, 0.25) is 0 Å². The Morgan fingerprint density at radius 3 is 2.50 bits per heavy atom. The Hall–Kier alpha value is -3.01. The minimum Gasteiger partial charge on any atom is -0.490 e. The number of nitrogens with zero attached hydrogens (tertiary/aromatic N) is 3. The molecular formula is C31H26Br3N3O3. The van der Waals surface area contributed by atoms with Crippen molar-refractivity contribution >= 4 is 75.7 Å². The first-order valence-corrected chi connectivity index (χ1v) is 15.2. The zero-order valence-corrected chi connectivity index (χ0v) is 26.9. The average Bonchev–Trinajstić information content (AvgIpc) is 2.95. The molecule has 5 rings (SSSR count). The number of aromatic nitrogens is 2. The maximum atomic E-state index is 13.4. The quantitative estimate of drug-likeness (QED) is 0.150.